The summed E-state index contributed by atoms with van der Waals surface area (Å²) in [4.78, 5) is 25.0. The maximum atomic E-state index is 12.9. The van der Waals surface area contributed by atoms with Crippen LogP contribution in [0.4, 0.5) is 0 Å². The predicted octanol–water partition coefficient (Wildman–Crippen LogP) is 2.35. The zero-order chi connectivity index (χ0) is 17.1. The van der Waals surface area contributed by atoms with Crippen molar-refractivity contribution < 1.29 is 9.59 Å². The molecule has 24 heavy (non-hydrogen) atoms. The summed E-state index contributed by atoms with van der Waals surface area (Å²) in [5, 5.41) is 7.35. The molecule has 1 aromatic carbocycles. The van der Waals surface area contributed by atoms with E-state index in [4.69, 9.17) is 0 Å². The van der Waals surface area contributed by atoms with Gasteiger partial charge in [-0.2, -0.15) is 5.10 Å². The Morgan fingerprint density at radius 3 is 2.54 bits per heavy atom. The first-order valence-electron chi connectivity index (χ1n) is 7.99. The van der Waals surface area contributed by atoms with E-state index in [1.165, 1.54) is 16.1 Å². The number of benzene rings is 1. The molecule has 1 aliphatic rings. The maximum Gasteiger partial charge on any atom is 0.275 e. The van der Waals surface area contributed by atoms with Gasteiger partial charge in [0.2, 0.25) is 0 Å². The van der Waals surface area contributed by atoms with E-state index in [0.717, 1.165) is 17.8 Å². The molecule has 0 atom stereocenters. The molecule has 6 heteroatoms. The molecule has 0 radical (unpaired) electrons. The average Bonchev–Trinajstić information content (AvgIpc) is 3.22. The molecule has 0 bridgehead atoms. The third-order valence-electron chi connectivity index (χ3n) is 4.07. The normalized spacial score (nSPS) is 14.6. The fourth-order valence-corrected chi connectivity index (χ4v) is 2.87. The monoisotopic (exact) mass is 324 g/mol. The van der Waals surface area contributed by atoms with Crippen molar-refractivity contribution in [3.63, 3.8) is 0 Å². The molecule has 1 fully saturated rings. The highest BCUT2D eigenvalue weighted by molar-refractivity contribution is 5.98. The molecule has 6 nitrogen and oxygen atoms in total. The Balaban J connectivity index is 1.88. The van der Waals surface area contributed by atoms with E-state index >= 15 is 0 Å². The van der Waals surface area contributed by atoms with Gasteiger partial charge in [0.15, 0.2) is 0 Å². The summed E-state index contributed by atoms with van der Waals surface area (Å²) >= 11 is 0. The number of hydrogen-bond acceptors (Lipinski definition) is 3. The van der Waals surface area contributed by atoms with Crippen molar-refractivity contribution in [1.82, 2.24) is 19.8 Å². The first kappa shape index (κ1) is 16.0. The third-order valence-corrected chi connectivity index (χ3v) is 4.07. The molecule has 2 aromatic rings. The number of nitrogens with zero attached hydrogens (tertiary/aromatic N) is 4. The van der Waals surface area contributed by atoms with Gasteiger partial charge in [0.25, 0.3) is 11.8 Å². The number of amides is 2. The first-order valence-corrected chi connectivity index (χ1v) is 7.99. The molecule has 2 heterocycles. The second kappa shape index (κ2) is 6.70. The fraction of sp³-hybridized carbons (Fsp3) is 0.278. The van der Waals surface area contributed by atoms with Crippen LogP contribution in [0, 0.1) is 6.92 Å². The lowest BCUT2D eigenvalue weighted by Gasteiger charge is -2.26. The number of aromatic nitrogens is 2. The lowest BCUT2D eigenvalue weighted by atomic mass is 10.2. The zero-order valence-corrected chi connectivity index (χ0v) is 13.8. The highest BCUT2D eigenvalue weighted by atomic mass is 16.2. The minimum absolute atomic E-state index is 0.170. The molecule has 1 aromatic heterocycles. The molecule has 0 spiro atoms. The van der Waals surface area contributed by atoms with Crippen molar-refractivity contribution in [2.45, 2.75) is 20.3 Å². The zero-order valence-electron chi connectivity index (χ0n) is 13.8. The lowest BCUT2D eigenvalue weighted by molar-refractivity contribution is -0.135. The van der Waals surface area contributed by atoms with Crippen molar-refractivity contribution in [2.75, 3.05) is 13.1 Å². The minimum Gasteiger partial charge on any atom is -0.268 e. The van der Waals surface area contributed by atoms with Crippen LogP contribution in [0.3, 0.4) is 0 Å². The van der Waals surface area contributed by atoms with Crippen LogP contribution >= 0.6 is 0 Å². The van der Waals surface area contributed by atoms with Gasteiger partial charge in [-0.05, 0) is 32.4 Å². The van der Waals surface area contributed by atoms with Gasteiger partial charge in [0.1, 0.15) is 0 Å². The van der Waals surface area contributed by atoms with Crippen LogP contribution in [0.1, 0.15) is 29.4 Å². The molecule has 0 N–H and O–H groups in total. The van der Waals surface area contributed by atoms with E-state index in [9.17, 15) is 9.59 Å². The highest BCUT2D eigenvalue weighted by Crippen LogP contribution is 2.20. The quantitative estimate of drug-likeness (QED) is 0.814. The molecule has 3 rings (SSSR count). The molecule has 0 saturated carbocycles. The Morgan fingerprint density at radius 1 is 1.12 bits per heavy atom. The first-order chi connectivity index (χ1) is 11.6. The SMILES string of the molecule is CC=CC(=O)N1CCCN1C(=O)c1cnn(-c2ccccc2)c1C. The summed E-state index contributed by atoms with van der Waals surface area (Å²) in [6.45, 7) is 4.74. The standard InChI is InChI=1S/C18H20N4O2/c1-3-8-17(23)20-11-7-12-21(20)18(24)16-13-19-22(14(16)2)15-9-5-4-6-10-15/h3-6,8-10,13H,7,11-12H2,1-2H3. The van der Waals surface area contributed by atoms with Crippen LogP contribution in [-0.4, -0.2) is 44.7 Å². The molecule has 1 aliphatic heterocycles. The van der Waals surface area contributed by atoms with Crippen molar-refractivity contribution in [3.05, 3.63) is 59.9 Å². The van der Waals surface area contributed by atoms with Gasteiger partial charge < -0.3 is 0 Å². The summed E-state index contributed by atoms with van der Waals surface area (Å²) in [5.74, 6) is -0.360. The maximum absolute atomic E-state index is 12.9. The molecule has 2 amide bonds. The Morgan fingerprint density at radius 2 is 1.83 bits per heavy atom. The number of carbonyl (C=O) groups is 2. The summed E-state index contributed by atoms with van der Waals surface area (Å²) in [6, 6.07) is 9.66. The predicted molar refractivity (Wildman–Crippen MR) is 90.5 cm³/mol. The van der Waals surface area contributed by atoms with E-state index in [-0.39, 0.29) is 11.8 Å². The Bertz CT molecular complexity index is 780. The van der Waals surface area contributed by atoms with Gasteiger partial charge in [-0.1, -0.05) is 24.3 Å². The van der Waals surface area contributed by atoms with E-state index in [0.29, 0.717) is 18.7 Å². The molecular weight excluding hydrogens is 304 g/mol. The van der Waals surface area contributed by atoms with Crippen molar-refractivity contribution in [1.29, 1.82) is 0 Å². The molecule has 1 saturated heterocycles. The largest absolute Gasteiger partial charge is 0.275 e. The van der Waals surface area contributed by atoms with Crippen LogP contribution in [0.25, 0.3) is 5.69 Å². The third kappa shape index (κ3) is 2.82. The van der Waals surface area contributed by atoms with Gasteiger partial charge in [-0.15, -0.1) is 0 Å². The number of rotatable bonds is 3. The van der Waals surface area contributed by atoms with Crippen LogP contribution < -0.4 is 0 Å². The lowest BCUT2D eigenvalue weighted by Crippen LogP contribution is -2.44. The second-order valence-electron chi connectivity index (χ2n) is 5.63. The van der Waals surface area contributed by atoms with Crippen LogP contribution in [0.2, 0.25) is 0 Å². The van der Waals surface area contributed by atoms with Gasteiger partial charge in [0.05, 0.1) is 23.1 Å². The summed E-state index contributed by atoms with van der Waals surface area (Å²) < 4.78 is 1.74. The van der Waals surface area contributed by atoms with Crippen molar-refractivity contribution in [2.24, 2.45) is 0 Å². The summed E-state index contributed by atoms with van der Waals surface area (Å²) in [6.07, 6.45) is 5.51. The van der Waals surface area contributed by atoms with Gasteiger partial charge in [-0.3, -0.25) is 9.59 Å². The number of hydrazine groups is 1. The van der Waals surface area contributed by atoms with Crippen molar-refractivity contribution in [3.8, 4) is 5.69 Å². The number of allylic oxidation sites excluding steroid dienone is 1. The van der Waals surface area contributed by atoms with Crippen molar-refractivity contribution >= 4 is 11.8 Å². The molecule has 0 unspecified atom stereocenters. The van der Waals surface area contributed by atoms with Gasteiger partial charge in [0, 0.05) is 19.2 Å². The van der Waals surface area contributed by atoms with Crippen LogP contribution in [0.5, 0.6) is 0 Å². The van der Waals surface area contributed by atoms with E-state index < -0.39 is 0 Å². The fourth-order valence-electron chi connectivity index (χ4n) is 2.87. The summed E-state index contributed by atoms with van der Waals surface area (Å²) in [7, 11) is 0. The average molecular weight is 324 g/mol. The van der Waals surface area contributed by atoms with E-state index in [1.54, 1.807) is 23.9 Å². The molecular formula is C18H20N4O2. The topological polar surface area (TPSA) is 58.4 Å². The Hall–Kier alpha value is -2.89. The van der Waals surface area contributed by atoms with Gasteiger partial charge in [-0.25, -0.2) is 14.7 Å². The molecule has 124 valence electrons. The van der Waals surface area contributed by atoms with Crippen LogP contribution in [0.15, 0.2) is 48.7 Å². The Kier molecular flexibility index (Phi) is 4.46. The van der Waals surface area contributed by atoms with Crippen LogP contribution in [-0.2, 0) is 4.79 Å². The smallest absolute Gasteiger partial charge is 0.268 e. The second-order valence-corrected chi connectivity index (χ2v) is 5.63. The Labute approximate surface area is 140 Å². The number of para-hydroxylation sites is 1. The minimum atomic E-state index is -0.190. The molecule has 0 aliphatic carbocycles. The van der Waals surface area contributed by atoms with E-state index in [1.807, 2.05) is 37.3 Å². The highest BCUT2D eigenvalue weighted by Gasteiger charge is 2.31. The van der Waals surface area contributed by atoms with E-state index in [2.05, 4.69) is 5.10 Å². The number of carbonyl (C=O) groups excluding carboxylic acids is 2. The summed E-state index contributed by atoms with van der Waals surface area (Å²) in [5.41, 5.74) is 2.17. The number of hydrogen-bond donors (Lipinski definition) is 0. The van der Waals surface area contributed by atoms with Gasteiger partial charge >= 0.3 is 0 Å².